The monoisotopic (exact) mass is 339 g/mol. The van der Waals surface area contributed by atoms with Gasteiger partial charge < -0.3 is 14.4 Å². The second-order valence-electron chi connectivity index (χ2n) is 5.87. The van der Waals surface area contributed by atoms with Crippen LogP contribution in [0.5, 0.6) is 0 Å². The summed E-state index contributed by atoms with van der Waals surface area (Å²) in [7, 11) is 0. The summed E-state index contributed by atoms with van der Waals surface area (Å²) in [6.07, 6.45) is 10.5. The van der Waals surface area contributed by atoms with E-state index in [0.29, 0.717) is 13.1 Å². The Morgan fingerprint density at radius 1 is 0.875 bits per heavy atom. The molecule has 0 aromatic rings. The Labute approximate surface area is 146 Å². The van der Waals surface area contributed by atoms with Crippen molar-refractivity contribution in [2.45, 2.75) is 66.6 Å². The molecule has 0 aliphatic rings. The van der Waals surface area contributed by atoms with Crippen LogP contribution in [0.25, 0.3) is 0 Å². The van der Waals surface area contributed by atoms with Gasteiger partial charge in [-0.05, 0) is 25.7 Å². The predicted molar refractivity (Wildman–Crippen MR) is 96.5 cm³/mol. The van der Waals surface area contributed by atoms with Gasteiger partial charge in [-0.2, -0.15) is 0 Å². The van der Waals surface area contributed by atoms with Crippen LogP contribution in [0.2, 0.25) is 0 Å². The highest BCUT2D eigenvalue weighted by atomic mass is 16.7. The fourth-order valence-corrected chi connectivity index (χ4v) is 1.86. The number of ether oxygens (including phenoxy) is 2. The molecule has 24 heavy (non-hydrogen) atoms. The van der Waals surface area contributed by atoms with Crippen molar-refractivity contribution in [2.75, 3.05) is 13.1 Å². The lowest BCUT2D eigenvalue weighted by Crippen LogP contribution is -2.36. The third kappa shape index (κ3) is 10.9. The quantitative estimate of drug-likeness (QED) is 0.311. The Balaban J connectivity index is 4.54. The molecular weight excluding hydrogens is 306 g/mol. The van der Waals surface area contributed by atoms with Gasteiger partial charge >= 0.3 is 12.1 Å². The molecule has 0 spiro atoms. The molecule has 0 aliphatic carbocycles. The Kier molecular flexibility index (Phi) is 12.6. The van der Waals surface area contributed by atoms with Gasteiger partial charge in [-0.3, -0.25) is 4.79 Å². The molecule has 0 bridgehead atoms. The van der Waals surface area contributed by atoms with E-state index >= 15 is 0 Å². The first-order valence-corrected chi connectivity index (χ1v) is 8.88. The molecule has 0 rings (SSSR count). The maximum atomic E-state index is 12.3. The average molecular weight is 339 g/mol. The smallest absolute Gasteiger partial charge is 0.412 e. The zero-order chi connectivity index (χ0) is 18.4. The first kappa shape index (κ1) is 22.2. The summed E-state index contributed by atoms with van der Waals surface area (Å²) in [5.41, 5.74) is 0. The number of hydrogen-bond acceptors (Lipinski definition) is 4. The minimum Gasteiger partial charge on any atom is -0.425 e. The third-order valence-corrected chi connectivity index (χ3v) is 3.21. The van der Waals surface area contributed by atoms with E-state index in [4.69, 9.17) is 9.47 Å². The number of allylic oxidation sites excluding steroid dienone is 2. The van der Waals surface area contributed by atoms with Gasteiger partial charge in [-0.25, -0.2) is 4.79 Å². The second-order valence-corrected chi connectivity index (χ2v) is 5.87. The molecule has 1 unspecified atom stereocenters. The fraction of sp³-hybridized carbons (Fsp3) is 0.684. The van der Waals surface area contributed by atoms with Crippen molar-refractivity contribution >= 4 is 12.1 Å². The molecule has 0 saturated carbocycles. The number of carbonyl (C=O) groups excluding carboxylic acids is 2. The number of carbonyl (C=O) groups is 2. The number of hydrogen-bond donors (Lipinski definition) is 0. The summed E-state index contributed by atoms with van der Waals surface area (Å²) in [6.45, 7) is 10.4. The van der Waals surface area contributed by atoms with E-state index in [0.717, 1.165) is 25.7 Å². The summed E-state index contributed by atoms with van der Waals surface area (Å²) in [6, 6.07) is 0. The van der Waals surface area contributed by atoms with E-state index in [-0.39, 0.29) is 11.9 Å². The van der Waals surface area contributed by atoms with Crippen molar-refractivity contribution < 1.29 is 19.1 Å². The normalized spacial score (nSPS) is 12.8. The van der Waals surface area contributed by atoms with Gasteiger partial charge in [0.05, 0.1) is 5.92 Å². The zero-order valence-corrected chi connectivity index (χ0v) is 15.8. The van der Waals surface area contributed by atoms with E-state index in [9.17, 15) is 9.59 Å². The topological polar surface area (TPSA) is 55.8 Å². The average Bonchev–Trinajstić information content (AvgIpc) is 2.52. The Morgan fingerprint density at radius 3 is 1.79 bits per heavy atom. The van der Waals surface area contributed by atoms with E-state index in [1.165, 1.54) is 0 Å². The summed E-state index contributed by atoms with van der Waals surface area (Å²) in [5.74, 6) is -0.626. The van der Waals surface area contributed by atoms with Crippen molar-refractivity contribution in [2.24, 2.45) is 5.92 Å². The fourth-order valence-electron chi connectivity index (χ4n) is 1.86. The van der Waals surface area contributed by atoms with Gasteiger partial charge in [0.2, 0.25) is 6.29 Å². The van der Waals surface area contributed by atoms with Crippen LogP contribution in [0.1, 0.15) is 60.3 Å². The lowest BCUT2D eigenvalue weighted by atomic mass is 10.2. The maximum Gasteiger partial charge on any atom is 0.412 e. The maximum absolute atomic E-state index is 12.3. The van der Waals surface area contributed by atoms with Crippen LogP contribution in [-0.4, -0.2) is 36.3 Å². The van der Waals surface area contributed by atoms with Crippen LogP contribution < -0.4 is 0 Å². The molecule has 0 radical (unpaired) electrons. The molecule has 0 saturated heterocycles. The molecule has 1 amide bonds. The van der Waals surface area contributed by atoms with E-state index in [2.05, 4.69) is 38.2 Å². The van der Waals surface area contributed by atoms with Crippen LogP contribution in [0, 0.1) is 5.92 Å². The summed E-state index contributed by atoms with van der Waals surface area (Å²) in [5, 5.41) is 0. The van der Waals surface area contributed by atoms with Crippen LogP contribution in [0.15, 0.2) is 24.3 Å². The van der Waals surface area contributed by atoms with Crippen molar-refractivity contribution in [3.63, 3.8) is 0 Å². The summed E-state index contributed by atoms with van der Waals surface area (Å²) in [4.78, 5) is 25.5. The van der Waals surface area contributed by atoms with E-state index in [1.54, 1.807) is 25.7 Å². The molecule has 0 aromatic heterocycles. The van der Waals surface area contributed by atoms with Gasteiger partial charge in [0, 0.05) is 20.0 Å². The minimum atomic E-state index is -0.882. The van der Waals surface area contributed by atoms with Crippen LogP contribution in [0.3, 0.4) is 0 Å². The van der Waals surface area contributed by atoms with E-state index in [1.807, 2.05) is 0 Å². The van der Waals surface area contributed by atoms with Crippen LogP contribution in [-0.2, 0) is 14.3 Å². The largest absolute Gasteiger partial charge is 0.425 e. The van der Waals surface area contributed by atoms with Gasteiger partial charge in [0.1, 0.15) is 0 Å². The molecular formula is C19H33NO4. The van der Waals surface area contributed by atoms with Crippen LogP contribution in [0.4, 0.5) is 4.79 Å². The van der Waals surface area contributed by atoms with Crippen molar-refractivity contribution in [3.05, 3.63) is 24.3 Å². The predicted octanol–water partition coefficient (Wildman–Crippen LogP) is 4.68. The molecule has 0 heterocycles. The molecule has 5 nitrogen and oxygen atoms in total. The SMILES string of the molecule is CCC=CCCN(CCC=CCC)C(=O)OC(C)OC(=O)C(C)C. The highest BCUT2D eigenvalue weighted by molar-refractivity contribution is 5.72. The molecule has 1 atom stereocenters. The van der Waals surface area contributed by atoms with E-state index < -0.39 is 12.4 Å². The lowest BCUT2D eigenvalue weighted by molar-refractivity contribution is -0.169. The number of nitrogens with zero attached hydrogens (tertiary/aromatic N) is 1. The Hall–Kier alpha value is -1.78. The molecule has 0 fully saturated rings. The van der Waals surface area contributed by atoms with Crippen LogP contribution >= 0.6 is 0 Å². The minimum absolute atomic E-state index is 0.249. The summed E-state index contributed by atoms with van der Waals surface area (Å²) >= 11 is 0. The summed E-state index contributed by atoms with van der Waals surface area (Å²) < 4.78 is 10.3. The molecule has 0 N–H and O–H groups in total. The van der Waals surface area contributed by atoms with Gasteiger partial charge in [0.25, 0.3) is 0 Å². The Morgan fingerprint density at radius 2 is 1.38 bits per heavy atom. The number of rotatable bonds is 11. The lowest BCUT2D eigenvalue weighted by Gasteiger charge is -2.23. The highest BCUT2D eigenvalue weighted by Crippen LogP contribution is 2.07. The van der Waals surface area contributed by atoms with Gasteiger partial charge in [-0.15, -0.1) is 0 Å². The van der Waals surface area contributed by atoms with Gasteiger partial charge in [0.15, 0.2) is 0 Å². The standard InChI is InChI=1S/C19H33NO4/c1-6-8-10-12-14-20(15-13-11-9-7-2)19(22)24-17(5)23-18(21)16(3)4/h8-11,16-17H,6-7,12-15H2,1-5H3. The van der Waals surface area contributed by atoms with Crippen molar-refractivity contribution in [1.29, 1.82) is 0 Å². The van der Waals surface area contributed by atoms with Gasteiger partial charge in [-0.1, -0.05) is 52.0 Å². The first-order valence-electron chi connectivity index (χ1n) is 8.88. The first-order chi connectivity index (χ1) is 11.4. The Bertz CT molecular complexity index is 398. The highest BCUT2D eigenvalue weighted by Gasteiger charge is 2.20. The number of esters is 1. The second kappa shape index (κ2) is 13.6. The van der Waals surface area contributed by atoms with Crippen molar-refractivity contribution in [1.82, 2.24) is 4.90 Å². The number of amides is 1. The van der Waals surface area contributed by atoms with Crippen molar-refractivity contribution in [3.8, 4) is 0 Å². The molecule has 5 heteroatoms. The third-order valence-electron chi connectivity index (χ3n) is 3.21. The molecule has 138 valence electrons. The molecule has 0 aromatic carbocycles. The molecule has 0 aliphatic heterocycles. The zero-order valence-electron chi connectivity index (χ0n) is 15.8.